The van der Waals surface area contributed by atoms with Crippen molar-refractivity contribution in [2.24, 2.45) is 0 Å². The summed E-state index contributed by atoms with van der Waals surface area (Å²) in [6.07, 6.45) is 0.793. The topological polar surface area (TPSA) is 44.1 Å². The fourth-order valence-electron chi connectivity index (χ4n) is 1.74. The van der Waals surface area contributed by atoms with Gasteiger partial charge in [0.2, 0.25) is 0 Å². The van der Waals surface area contributed by atoms with Gasteiger partial charge in [-0.2, -0.15) is 5.10 Å². The molecule has 0 atom stereocenters. The largest absolute Gasteiger partial charge is 0.497 e. The van der Waals surface area contributed by atoms with E-state index < -0.39 is 0 Å². The Balaban J connectivity index is 2.31. The normalized spacial score (nSPS) is 10.5. The maximum Gasteiger partial charge on any atom is 0.281 e. The zero-order valence-corrected chi connectivity index (χ0v) is 12.5. The fraction of sp³-hybridized carbons (Fsp3) is 0.286. The number of ether oxygens (including phenoxy) is 1. The van der Waals surface area contributed by atoms with Gasteiger partial charge in [0.05, 0.1) is 23.8 Å². The van der Waals surface area contributed by atoms with Crippen LogP contribution in [0.25, 0.3) is 0 Å². The Hall–Kier alpha value is -1.62. The summed E-state index contributed by atoms with van der Waals surface area (Å²) < 4.78 is 7.13. The minimum Gasteiger partial charge on any atom is -0.497 e. The second-order valence-corrected chi connectivity index (χ2v) is 5.00. The highest BCUT2D eigenvalue weighted by molar-refractivity contribution is 9.10. The number of benzene rings is 1. The summed E-state index contributed by atoms with van der Waals surface area (Å²) in [4.78, 5) is 12.0. The molecule has 1 aromatic carbocycles. The van der Waals surface area contributed by atoms with E-state index >= 15 is 0 Å². The number of aryl methyl sites for hydroxylation is 1. The molecule has 0 aliphatic carbocycles. The molecule has 2 rings (SSSR count). The number of halogens is 1. The van der Waals surface area contributed by atoms with Gasteiger partial charge in [-0.05, 0) is 46.1 Å². The van der Waals surface area contributed by atoms with Crippen LogP contribution < -0.4 is 10.3 Å². The summed E-state index contributed by atoms with van der Waals surface area (Å²) in [6, 6.07) is 9.38. The predicted octanol–water partition coefficient (Wildman–Crippen LogP) is 2.63. The summed E-state index contributed by atoms with van der Waals surface area (Å²) in [5, 5.41) is 4.33. The highest BCUT2D eigenvalue weighted by Crippen LogP contribution is 2.12. The van der Waals surface area contributed by atoms with Crippen molar-refractivity contribution in [1.82, 2.24) is 9.78 Å². The molecule has 1 heterocycles. The lowest BCUT2D eigenvalue weighted by atomic mass is 10.2. The molecule has 0 saturated heterocycles. The van der Waals surface area contributed by atoms with Crippen LogP contribution in [0.5, 0.6) is 5.75 Å². The summed E-state index contributed by atoms with van der Waals surface area (Å²) in [5.41, 5.74) is 1.78. The van der Waals surface area contributed by atoms with Crippen molar-refractivity contribution in [3.8, 4) is 5.75 Å². The lowest BCUT2D eigenvalue weighted by Crippen LogP contribution is -2.25. The SMILES string of the molecule is CCc1cc(Br)c(=O)n(Cc2ccc(OC)cc2)n1. The Morgan fingerprint density at radius 2 is 2.00 bits per heavy atom. The van der Waals surface area contributed by atoms with Crippen molar-refractivity contribution in [2.45, 2.75) is 19.9 Å². The van der Waals surface area contributed by atoms with Gasteiger partial charge in [0.15, 0.2) is 0 Å². The van der Waals surface area contributed by atoms with E-state index in [0.29, 0.717) is 11.0 Å². The number of rotatable bonds is 4. The highest BCUT2D eigenvalue weighted by atomic mass is 79.9. The third-order valence-electron chi connectivity index (χ3n) is 2.83. The zero-order valence-electron chi connectivity index (χ0n) is 10.9. The van der Waals surface area contributed by atoms with E-state index in [9.17, 15) is 4.79 Å². The molecule has 0 aliphatic rings. The van der Waals surface area contributed by atoms with Gasteiger partial charge in [-0.3, -0.25) is 4.79 Å². The van der Waals surface area contributed by atoms with Gasteiger partial charge in [0.25, 0.3) is 5.56 Å². The first-order chi connectivity index (χ1) is 9.13. The van der Waals surface area contributed by atoms with E-state index in [0.717, 1.165) is 23.4 Å². The van der Waals surface area contributed by atoms with E-state index in [2.05, 4.69) is 21.0 Å². The molecule has 0 saturated carbocycles. The van der Waals surface area contributed by atoms with Crippen LogP contribution in [-0.4, -0.2) is 16.9 Å². The standard InChI is InChI=1S/C14H15BrN2O2/c1-3-11-8-13(15)14(18)17(16-11)9-10-4-6-12(19-2)7-5-10/h4-8H,3,9H2,1-2H3. The molecule has 5 heteroatoms. The third kappa shape index (κ3) is 3.23. The monoisotopic (exact) mass is 322 g/mol. The third-order valence-corrected chi connectivity index (χ3v) is 3.40. The van der Waals surface area contributed by atoms with Crippen LogP contribution in [0.2, 0.25) is 0 Å². The number of nitrogens with zero attached hydrogens (tertiary/aromatic N) is 2. The lowest BCUT2D eigenvalue weighted by molar-refractivity contribution is 0.414. The highest BCUT2D eigenvalue weighted by Gasteiger charge is 2.06. The molecular formula is C14H15BrN2O2. The van der Waals surface area contributed by atoms with Gasteiger partial charge in [-0.15, -0.1) is 0 Å². The van der Waals surface area contributed by atoms with Crippen LogP contribution in [0.15, 0.2) is 39.6 Å². The molecule has 4 nitrogen and oxygen atoms in total. The zero-order chi connectivity index (χ0) is 13.8. The van der Waals surface area contributed by atoms with E-state index in [-0.39, 0.29) is 5.56 Å². The molecule has 0 bridgehead atoms. The Bertz CT molecular complexity index is 620. The second-order valence-electron chi connectivity index (χ2n) is 4.15. The summed E-state index contributed by atoms with van der Waals surface area (Å²) in [6.45, 7) is 2.46. The van der Waals surface area contributed by atoms with Gasteiger partial charge < -0.3 is 4.74 Å². The average molecular weight is 323 g/mol. The molecular weight excluding hydrogens is 308 g/mol. The van der Waals surface area contributed by atoms with E-state index in [1.807, 2.05) is 31.2 Å². The van der Waals surface area contributed by atoms with Crippen LogP contribution in [0.3, 0.4) is 0 Å². The van der Waals surface area contributed by atoms with Gasteiger partial charge in [0, 0.05) is 0 Å². The summed E-state index contributed by atoms with van der Waals surface area (Å²) in [5.74, 6) is 0.799. The van der Waals surface area contributed by atoms with Crippen molar-refractivity contribution in [1.29, 1.82) is 0 Å². The number of methoxy groups -OCH3 is 1. The van der Waals surface area contributed by atoms with Crippen LogP contribution in [0, 0.1) is 0 Å². The van der Waals surface area contributed by atoms with Crippen molar-refractivity contribution >= 4 is 15.9 Å². The number of hydrogen-bond acceptors (Lipinski definition) is 3. The van der Waals surface area contributed by atoms with Gasteiger partial charge in [-0.1, -0.05) is 19.1 Å². The van der Waals surface area contributed by atoms with Gasteiger partial charge in [0.1, 0.15) is 5.75 Å². The first-order valence-corrected chi connectivity index (χ1v) is 6.82. The minimum absolute atomic E-state index is 0.118. The van der Waals surface area contributed by atoms with Gasteiger partial charge in [-0.25, -0.2) is 4.68 Å². The first kappa shape index (κ1) is 13.8. The Labute approximate surface area is 120 Å². The fourth-order valence-corrected chi connectivity index (χ4v) is 2.21. The molecule has 19 heavy (non-hydrogen) atoms. The van der Waals surface area contributed by atoms with Gasteiger partial charge >= 0.3 is 0 Å². The Kier molecular flexibility index (Phi) is 4.37. The van der Waals surface area contributed by atoms with Crippen LogP contribution in [-0.2, 0) is 13.0 Å². The molecule has 1 aromatic heterocycles. The molecule has 0 radical (unpaired) electrons. The van der Waals surface area contributed by atoms with Crippen molar-refractivity contribution < 1.29 is 4.74 Å². The summed E-state index contributed by atoms with van der Waals surface area (Å²) in [7, 11) is 1.63. The number of hydrogen-bond donors (Lipinski definition) is 0. The maximum absolute atomic E-state index is 12.0. The molecule has 0 spiro atoms. The lowest BCUT2D eigenvalue weighted by Gasteiger charge is -2.08. The molecule has 0 N–H and O–H groups in total. The van der Waals surface area contributed by atoms with Crippen LogP contribution in [0.1, 0.15) is 18.2 Å². The van der Waals surface area contributed by atoms with Crippen molar-refractivity contribution in [3.63, 3.8) is 0 Å². The Morgan fingerprint density at radius 1 is 1.32 bits per heavy atom. The molecule has 0 unspecified atom stereocenters. The second kappa shape index (κ2) is 6.02. The first-order valence-electron chi connectivity index (χ1n) is 6.03. The van der Waals surface area contributed by atoms with E-state index in [1.54, 1.807) is 13.2 Å². The van der Waals surface area contributed by atoms with Crippen LogP contribution >= 0.6 is 15.9 Å². The minimum atomic E-state index is -0.118. The maximum atomic E-state index is 12.0. The van der Waals surface area contributed by atoms with Crippen molar-refractivity contribution in [3.05, 3.63) is 56.4 Å². The van der Waals surface area contributed by atoms with Crippen molar-refractivity contribution in [2.75, 3.05) is 7.11 Å². The molecule has 0 aliphatic heterocycles. The molecule has 0 fully saturated rings. The summed E-state index contributed by atoms with van der Waals surface area (Å²) >= 11 is 3.28. The predicted molar refractivity (Wildman–Crippen MR) is 77.7 cm³/mol. The van der Waals surface area contributed by atoms with Crippen LogP contribution in [0.4, 0.5) is 0 Å². The van der Waals surface area contributed by atoms with E-state index in [1.165, 1.54) is 4.68 Å². The number of aromatic nitrogens is 2. The smallest absolute Gasteiger partial charge is 0.281 e. The average Bonchev–Trinajstić information content (AvgIpc) is 2.44. The quantitative estimate of drug-likeness (QED) is 0.869. The molecule has 100 valence electrons. The Morgan fingerprint density at radius 3 is 2.58 bits per heavy atom. The molecule has 0 amide bonds. The molecule has 2 aromatic rings. The van der Waals surface area contributed by atoms with E-state index in [4.69, 9.17) is 4.74 Å².